The molecule has 0 unspecified atom stereocenters. The maximum atomic E-state index is 10.7. The molecule has 2 aromatic rings. The minimum absolute atomic E-state index is 0.105. The number of hydrogen-bond acceptors (Lipinski definition) is 3. The lowest BCUT2D eigenvalue weighted by Crippen LogP contribution is -1.94. The fourth-order valence-corrected chi connectivity index (χ4v) is 1.48. The summed E-state index contributed by atoms with van der Waals surface area (Å²) in [5.74, 6) is -1.13. The highest BCUT2D eigenvalue weighted by Gasteiger charge is 2.11. The van der Waals surface area contributed by atoms with Gasteiger partial charge in [-0.3, -0.25) is 0 Å². The van der Waals surface area contributed by atoms with E-state index in [0.717, 1.165) is 0 Å². The Labute approximate surface area is 89.2 Å². The van der Waals surface area contributed by atoms with Crippen molar-refractivity contribution in [3.05, 3.63) is 34.7 Å². The Morgan fingerprint density at radius 3 is 2.93 bits per heavy atom. The van der Waals surface area contributed by atoms with Gasteiger partial charge in [-0.1, -0.05) is 11.6 Å². The van der Waals surface area contributed by atoms with Gasteiger partial charge in [-0.05, 0) is 6.07 Å². The fourth-order valence-electron chi connectivity index (χ4n) is 1.22. The molecule has 0 amide bonds. The maximum Gasteiger partial charge on any atom is 0.356 e. The molecule has 0 saturated heterocycles. The number of rotatable bonds is 1. The molecule has 0 aliphatic carbocycles. The van der Waals surface area contributed by atoms with Gasteiger partial charge in [-0.15, -0.1) is 0 Å². The smallest absolute Gasteiger partial charge is 0.356 e. The summed E-state index contributed by atoms with van der Waals surface area (Å²) < 4.78 is 1.42. The Morgan fingerprint density at radius 1 is 1.60 bits per heavy atom. The summed E-state index contributed by atoms with van der Waals surface area (Å²) in [6, 6.07) is 3.36. The second-order valence-corrected chi connectivity index (χ2v) is 3.26. The van der Waals surface area contributed by atoms with E-state index in [9.17, 15) is 4.79 Å². The highest BCUT2D eigenvalue weighted by molar-refractivity contribution is 6.33. The van der Waals surface area contributed by atoms with Gasteiger partial charge in [-0.25, -0.2) is 9.78 Å². The quantitative estimate of drug-likeness (QED) is 0.793. The number of nitrogens with zero attached hydrogens (tertiary/aromatic N) is 3. The van der Waals surface area contributed by atoms with Crippen LogP contribution in [0.15, 0.2) is 18.5 Å². The van der Waals surface area contributed by atoms with Crippen LogP contribution in [0, 0.1) is 11.3 Å². The molecule has 74 valence electrons. The van der Waals surface area contributed by atoms with E-state index >= 15 is 0 Å². The zero-order chi connectivity index (χ0) is 11.0. The van der Waals surface area contributed by atoms with Crippen LogP contribution in [0.4, 0.5) is 0 Å². The second kappa shape index (κ2) is 3.26. The van der Waals surface area contributed by atoms with Gasteiger partial charge in [-0.2, -0.15) is 5.26 Å². The van der Waals surface area contributed by atoms with Crippen LogP contribution in [-0.2, 0) is 0 Å². The number of carboxylic acids is 1. The van der Waals surface area contributed by atoms with Crippen LogP contribution in [0.25, 0.3) is 5.65 Å². The molecule has 2 rings (SSSR count). The largest absolute Gasteiger partial charge is 0.476 e. The highest BCUT2D eigenvalue weighted by Crippen LogP contribution is 2.18. The van der Waals surface area contributed by atoms with Crippen LogP contribution in [0.2, 0.25) is 5.02 Å². The lowest BCUT2D eigenvalue weighted by atomic mass is 10.3. The third-order valence-corrected chi connectivity index (χ3v) is 2.13. The Hall–Kier alpha value is -2.06. The van der Waals surface area contributed by atoms with Gasteiger partial charge >= 0.3 is 5.97 Å². The number of nitriles is 1. The maximum absolute atomic E-state index is 10.7. The molecule has 15 heavy (non-hydrogen) atoms. The molecule has 0 radical (unpaired) electrons. The highest BCUT2D eigenvalue weighted by atomic mass is 35.5. The van der Waals surface area contributed by atoms with Gasteiger partial charge in [0, 0.05) is 12.4 Å². The van der Waals surface area contributed by atoms with Crippen molar-refractivity contribution in [2.45, 2.75) is 0 Å². The van der Waals surface area contributed by atoms with Crippen LogP contribution in [0.1, 0.15) is 16.1 Å². The standard InChI is InChI=1S/C9H4ClN3O2/c10-6-1-5(2-11)3-13-4-7(9(14)15)12-8(6)13/h1,3-4H,(H,14,15). The van der Waals surface area contributed by atoms with Gasteiger partial charge in [0.25, 0.3) is 0 Å². The minimum atomic E-state index is -1.13. The first-order valence-corrected chi connectivity index (χ1v) is 4.31. The monoisotopic (exact) mass is 221 g/mol. The fraction of sp³-hybridized carbons (Fsp3) is 0. The number of fused-ring (bicyclic) bond motifs is 1. The van der Waals surface area contributed by atoms with E-state index in [4.69, 9.17) is 22.0 Å². The second-order valence-electron chi connectivity index (χ2n) is 2.85. The number of aromatic carboxylic acids is 1. The summed E-state index contributed by atoms with van der Waals surface area (Å²) in [7, 11) is 0. The predicted octanol–water partition coefficient (Wildman–Crippen LogP) is 1.56. The molecule has 0 fully saturated rings. The molecule has 2 heterocycles. The first kappa shape index (κ1) is 9.49. The van der Waals surface area contributed by atoms with Gasteiger partial charge in [0.05, 0.1) is 10.6 Å². The van der Waals surface area contributed by atoms with Crippen molar-refractivity contribution in [2.75, 3.05) is 0 Å². The van der Waals surface area contributed by atoms with Crippen LogP contribution >= 0.6 is 11.6 Å². The predicted molar refractivity (Wildman–Crippen MR) is 51.9 cm³/mol. The average molecular weight is 222 g/mol. The van der Waals surface area contributed by atoms with E-state index in [1.807, 2.05) is 6.07 Å². The van der Waals surface area contributed by atoms with Gasteiger partial charge in [0.2, 0.25) is 0 Å². The normalized spacial score (nSPS) is 10.1. The number of imidazole rings is 1. The Kier molecular flexibility index (Phi) is 2.06. The lowest BCUT2D eigenvalue weighted by molar-refractivity contribution is 0.0691. The molecule has 0 saturated carbocycles. The Balaban J connectivity index is 2.76. The number of carbonyl (C=O) groups is 1. The Morgan fingerprint density at radius 2 is 2.33 bits per heavy atom. The van der Waals surface area contributed by atoms with E-state index in [2.05, 4.69) is 4.98 Å². The molecular formula is C9H4ClN3O2. The summed E-state index contributed by atoms with van der Waals surface area (Å²) >= 11 is 5.83. The molecule has 0 aliphatic rings. The van der Waals surface area contributed by atoms with Crippen molar-refractivity contribution in [3.8, 4) is 6.07 Å². The zero-order valence-corrected chi connectivity index (χ0v) is 8.06. The third-order valence-electron chi connectivity index (χ3n) is 1.85. The van der Waals surface area contributed by atoms with Crippen molar-refractivity contribution in [1.29, 1.82) is 5.26 Å². The third kappa shape index (κ3) is 1.51. The van der Waals surface area contributed by atoms with Crippen molar-refractivity contribution in [2.24, 2.45) is 0 Å². The number of halogens is 1. The van der Waals surface area contributed by atoms with Crippen molar-refractivity contribution in [1.82, 2.24) is 9.38 Å². The summed E-state index contributed by atoms with van der Waals surface area (Å²) in [4.78, 5) is 14.5. The molecule has 0 aliphatic heterocycles. The SMILES string of the molecule is N#Cc1cc(Cl)c2nc(C(=O)O)cn2c1. The topological polar surface area (TPSA) is 78.4 Å². The lowest BCUT2D eigenvalue weighted by Gasteiger charge is -1.95. The minimum Gasteiger partial charge on any atom is -0.476 e. The van der Waals surface area contributed by atoms with Crippen LogP contribution in [0.3, 0.4) is 0 Å². The molecular weight excluding hydrogens is 218 g/mol. The number of hydrogen-bond donors (Lipinski definition) is 1. The summed E-state index contributed by atoms with van der Waals surface area (Å²) in [5, 5.41) is 17.6. The van der Waals surface area contributed by atoms with Gasteiger partial charge in [0.1, 0.15) is 6.07 Å². The van der Waals surface area contributed by atoms with Crippen molar-refractivity contribution in [3.63, 3.8) is 0 Å². The Bertz CT molecular complexity index is 597. The molecule has 0 bridgehead atoms. The zero-order valence-electron chi connectivity index (χ0n) is 7.31. The van der Waals surface area contributed by atoms with Crippen molar-refractivity contribution < 1.29 is 9.90 Å². The first-order chi connectivity index (χ1) is 7.11. The number of pyridine rings is 1. The average Bonchev–Trinajstić information content (AvgIpc) is 2.61. The van der Waals surface area contributed by atoms with E-state index < -0.39 is 5.97 Å². The van der Waals surface area contributed by atoms with E-state index in [-0.39, 0.29) is 10.7 Å². The van der Waals surface area contributed by atoms with E-state index in [0.29, 0.717) is 11.2 Å². The molecule has 2 aromatic heterocycles. The van der Waals surface area contributed by atoms with Crippen LogP contribution in [0.5, 0.6) is 0 Å². The van der Waals surface area contributed by atoms with E-state index in [1.165, 1.54) is 22.9 Å². The van der Waals surface area contributed by atoms with E-state index in [1.54, 1.807) is 0 Å². The molecule has 5 nitrogen and oxygen atoms in total. The summed E-state index contributed by atoms with van der Waals surface area (Å²) in [6.45, 7) is 0. The summed E-state index contributed by atoms with van der Waals surface area (Å²) in [5.41, 5.74) is 0.571. The van der Waals surface area contributed by atoms with Crippen molar-refractivity contribution >= 4 is 23.2 Å². The van der Waals surface area contributed by atoms with Crippen LogP contribution < -0.4 is 0 Å². The molecule has 6 heteroatoms. The molecule has 0 spiro atoms. The molecule has 1 N–H and O–H groups in total. The van der Waals surface area contributed by atoms with Gasteiger partial charge in [0.15, 0.2) is 11.3 Å². The van der Waals surface area contributed by atoms with Crippen LogP contribution in [-0.4, -0.2) is 20.5 Å². The van der Waals surface area contributed by atoms with Gasteiger partial charge < -0.3 is 9.51 Å². The first-order valence-electron chi connectivity index (χ1n) is 3.93. The molecule has 0 aromatic carbocycles. The molecule has 0 atom stereocenters. The number of aromatic nitrogens is 2. The summed E-state index contributed by atoms with van der Waals surface area (Å²) in [6.07, 6.45) is 2.78. The number of carboxylic acid groups (broad SMARTS) is 1.